The van der Waals surface area contributed by atoms with Gasteiger partial charge in [0.2, 0.25) is 0 Å². The summed E-state index contributed by atoms with van der Waals surface area (Å²) in [5.74, 6) is -0.337. The second-order valence-electron chi connectivity index (χ2n) is 2.83. The van der Waals surface area contributed by atoms with Gasteiger partial charge in [0.05, 0.1) is 11.6 Å². The molecular formula is C8H12N4O2S. The van der Waals surface area contributed by atoms with Gasteiger partial charge >= 0.3 is 0 Å². The molecule has 1 atom stereocenters. The first-order valence-corrected chi connectivity index (χ1v) is 5.29. The molecule has 1 unspecified atom stereocenters. The van der Waals surface area contributed by atoms with Crippen LogP contribution < -0.4 is 11.1 Å². The Morgan fingerprint density at radius 3 is 3.07 bits per heavy atom. The summed E-state index contributed by atoms with van der Waals surface area (Å²) in [6.07, 6.45) is 0.547. The van der Waals surface area contributed by atoms with Gasteiger partial charge in [0.25, 0.3) is 5.91 Å². The van der Waals surface area contributed by atoms with E-state index in [0.717, 1.165) is 0 Å². The van der Waals surface area contributed by atoms with E-state index in [0.29, 0.717) is 12.1 Å². The van der Waals surface area contributed by atoms with E-state index >= 15 is 0 Å². The molecule has 0 fully saturated rings. The Morgan fingerprint density at radius 1 is 1.87 bits per heavy atom. The number of nitrogens with one attached hydrogen (secondary N) is 1. The van der Waals surface area contributed by atoms with Crippen LogP contribution in [0.3, 0.4) is 0 Å². The first kappa shape index (κ1) is 11.4. The number of amides is 1. The second-order valence-corrected chi connectivity index (χ2v) is 3.55. The van der Waals surface area contributed by atoms with Gasteiger partial charge in [-0.05, 0) is 6.42 Å². The van der Waals surface area contributed by atoms with Gasteiger partial charge < -0.3 is 16.3 Å². The number of aromatic nitrogens is 1. The third kappa shape index (κ3) is 2.91. The van der Waals surface area contributed by atoms with Crippen LogP contribution in [0.15, 0.2) is 16.0 Å². The van der Waals surface area contributed by atoms with Crippen LogP contribution in [0.4, 0.5) is 0 Å². The van der Waals surface area contributed by atoms with Crippen LogP contribution in [0.5, 0.6) is 0 Å². The predicted molar refractivity (Wildman–Crippen MR) is 57.1 cm³/mol. The lowest BCUT2D eigenvalue weighted by molar-refractivity contribution is 0.0941. The molecule has 1 aromatic rings. The Morgan fingerprint density at radius 2 is 2.60 bits per heavy atom. The van der Waals surface area contributed by atoms with E-state index in [-0.39, 0.29) is 11.7 Å². The third-order valence-electron chi connectivity index (χ3n) is 1.85. The zero-order valence-electron chi connectivity index (χ0n) is 8.17. The molecule has 1 amide bonds. The van der Waals surface area contributed by atoms with Gasteiger partial charge in [0.1, 0.15) is 5.69 Å². The maximum Gasteiger partial charge on any atom is 0.271 e. The third-order valence-corrected chi connectivity index (χ3v) is 2.44. The largest absolute Gasteiger partial charge is 0.409 e. The highest BCUT2D eigenvalue weighted by Gasteiger charge is 2.16. The lowest BCUT2D eigenvalue weighted by atomic mass is 10.2. The zero-order valence-corrected chi connectivity index (χ0v) is 8.99. The summed E-state index contributed by atoms with van der Waals surface area (Å²) in [6, 6.07) is -0.468. The van der Waals surface area contributed by atoms with E-state index < -0.39 is 6.04 Å². The standard InChI is InChI=1S/C8H12N4O2S/c1-2-5(7(9)12-14)11-8(13)6-3-15-4-10-6/h3-5,14H,2H2,1H3,(H2,9,12)(H,11,13). The number of carbonyl (C=O) groups excluding carboxylic acids is 1. The smallest absolute Gasteiger partial charge is 0.271 e. The molecule has 0 aliphatic carbocycles. The monoisotopic (exact) mass is 228 g/mol. The number of hydrogen-bond acceptors (Lipinski definition) is 5. The lowest BCUT2D eigenvalue weighted by Gasteiger charge is -2.13. The number of carbonyl (C=O) groups is 1. The molecule has 1 rings (SSSR count). The molecule has 82 valence electrons. The van der Waals surface area contributed by atoms with E-state index in [1.807, 2.05) is 6.92 Å². The Labute approximate surface area is 90.8 Å². The summed E-state index contributed by atoms with van der Waals surface area (Å²) >= 11 is 1.33. The fourth-order valence-corrected chi connectivity index (χ4v) is 1.54. The second kappa shape index (κ2) is 5.30. The molecule has 0 spiro atoms. The Kier molecular flexibility index (Phi) is 4.04. The molecule has 0 saturated carbocycles. The topological polar surface area (TPSA) is 101 Å². The number of oxime groups is 1. The van der Waals surface area contributed by atoms with E-state index in [2.05, 4.69) is 15.5 Å². The van der Waals surface area contributed by atoms with Crippen molar-refractivity contribution in [3.8, 4) is 0 Å². The molecule has 0 aliphatic heterocycles. The van der Waals surface area contributed by atoms with Crippen molar-refractivity contribution in [2.24, 2.45) is 10.9 Å². The minimum atomic E-state index is -0.468. The van der Waals surface area contributed by atoms with Crippen molar-refractivity contribution in [1.29, 1.82) is 0 Å². The molecule has 0 radical (unpaired) electrons. The van der Waals surface area contributed by atoms with E-state index in [1.54, 1.807) is 10.9 Å². The number of rotatable bonds is 4. The number of thiazole rings is 1. The molecule has 1 heterocycles. The van der Waals surface area contributed by atoms with Crippen molar-refractivity contribution in [1.82, 2.24) is 10.3 Å². The fraction of sp³-hybridized carbons (Fsp3) is 0.375. The van der Waals surface area contributed by atoms with Crippen LogP contribution >= 0.6 is 11.3 Å². The summed E-state index contributed by atoms with van der Waals surface area (Å²) < 4.78 is 0. The molecule has 6 nitrogen and oxygen atoms in total. The Bertz CT molecular complexity index is 350. The van der Waals surface area contributed by atoms with E-state index in [9.17, 15) is 4.79 Å². The quantitative estimate of drug-likeness (QED) is 0.300. The van der Waals surface area contributed by atoms with Crippen molar-refractivity contribution < 1.29 is 10.0 Å². The highest BCUT2D eigenvalue weighted by atomic mass is 32.1. The molecule has 0 aliphatic rings. The summed E-state index contributed by atoms with van der Waals surface area (Å²) in [7, 11) is 0. The summed E-state index contributed by atoms with van der Waals surface area (Å²) in [5, 5.41) is 15.6. The first-order chi connectivity index (χ1) is 7.19. The van der Waals surface area contributed by atoms with Crippen molar-refractivity contribution in [2.45, 2.75) is 19.4 Å². The van der Waals surface area contributed by atoms with E-state index in [4.69, 9.17) is 10.9 Å². The highest BCUT2D eigenvalue weighted by Crippen LogP contribution is 2.02. The van der Waals surface area contributed by atoms with Gasteiger partial charge in [0, 0.05) is 5.38 Å². The van der Waals surface area contributed by atoms with Crippen LogP contribution in [0, 0.1) is 0 Å². The van der Waals surface area contributed by atoms with Gasteiger partial charge in [0.15, 0.2) is 5.84 Å². The highest BCUT2D eigenvalue weighted by molar-refractivity contribution is 7.07. The molecule has 4 N–H and O–H groups in total. The SMILES string of the molecule is CCC(NC(=O)c1cscn1)C(N)=NO. The molecule has 15 heavy (non-hydrogen) atoms. The number of hydrogen-bond donors (Lipinski definition) is 3. The average molecular weight is 228 g/mol. The van der Waals surface area contributed by atoms with Crippen molar-refractivity contribution in [2.75, 3.05) is 0 Å². The van der Waals surface area contributed by atoms with Crippen molar-refractivity contribution in [3.05, 3.63) is 16.6 Å². The van der Waals surface area contributed by atoms with Crippen LogP contribution in [-0.2, 0) is 0 Å². The van der Waals surface area contributed by atoms with Gasteiger partial charge in [-0.3, -0.25) is 4.79 Å². The van der Waals surface area contributed by atoms with Gasteiger partial charge in [-0.25, -0.2) is 4.98 Å². The van der Waals surface area contributed by atoms with Crippen LogP contribution in [-0.4, -0.2) is 28.0 Å². The predicted octanol–water partition coefficient (Wildman–Crippen LogP) is 0.398. The first-order valence-electron chi connectivity index (χ1n) is 4.35. The summed E-state index contributed by atoms with van der Waals surface area (Å²) in [5.41, 5.74) is 7.30. The average Bonchev–Trinajstić information content (AvgIpc) is 2.77. The molecular weight excluding hydrogens is 216 g/mol. The van der Waals surface area contributed by atoms with Gasteiger partial charge in [-0.15, -0.1) is 11.3 Å². The maximum atomic E-state index is 11.5. The Balaban J connectivity index is 2.64. The van der Waals surface area contributed by atoms with E-state index in [1.165, 1.54) is 11.3 Å². The summed E-state index contributed by atoms with van der Waals surface area (Å²) in [4.78, 5) is 15.4. The van der Waals surface area contributed by atoms with Crippen LogP contribution in [0.1, 0.15) is 23.8 Å². The molecule has 0 aromatic carbocycles. The van der Waals surface area contributed by atoms with Crippen molar-refractivity contribution in [3.63, 3.8) is 0 Å². The summed E-state index contributed by atoms with van der Waals surface area (Å²) in [6.45, 7) is 1.82. The molecule has 1 aromatic heterocycles. The number of nitrogens with two attached hydrogens (primary N) is 1. The minimum Gasteiger partial charge on any atom is -0.409 e. The van der Waals surface area contributed by atoms with Crippen LogP contribution in [0.2, 0.25) is 0 Å². The molecule has 0 saturated heterocycles. The zero-order chi connectivity index (χ0) is 11.3. The number of amidine groups is 1. The molecule has 7 heteroatoms. The van der Waals surface area contributed by atoms with Gasteiger partial charge in [-0.2, -0.15) is 0 Å². The van der Waals surface area contributed by atoms with Crippen LogP contribution in [0.25, 0.3) is 0 Å². The fourth-order valence-electron chi connectivity index (χ4n) is 1.01. The lowest BCUT2D eigenvalue weighted by Crippen LogP contribution is -2.44. The maximum absolute atomic E-state index is 11.5. The molecule has 0 bridgehead atoms. The van der Waals surface area contributed by atoms with Crippen molar-refractivity contribution >= 4 is 23.1 Å². The normalized spacial score (nSPS) is 13.5. The minimum absolute atomic E-state index is 0.0129. The number of nitrogens with zero attached hydrogens (tertiary/aromatic N) is 2. The van der Waals surface area contributed by atoms with Gasteiger partial charge in [-0.1, -0.05) is 12.1 Å². The Hall–Kier alpha value is -1.63.